The summed E-state index contributed by atoms with van der Waals surface area (Å²) < 4.78 is 0. The second-order valence-corrected chi connectivity index (χ2v) is 8.80. The molecule has 1 saturated carbocycles. The first-order valence-corrected chi connectivity index (χ1v) is 10.9. The first-order chi connectivity index (χ1) is 12.5. The second-order valence-electron chi connectivity index (χ2n) is 8.80. The first kappa shape index (κ1) is 21.7. The number of hydrogen-bond donors (Lipinski definition) is 2. The molecule has 0 radical (unpaired) electrons. The van der Waals surface area contributed by atoms with Crippen molar-refractivity contribution < 1.29 is 10.2 Å². The summed E-state index contributed by atoms with van der Waals surface area (Å²) >= 11 is 0. The highest BCUT2D eigenvalue weighted by Gasteiger charge is 2.43. The van der Waals surface area contributed by atoms with Crippen LogP contribution in [0.1, 0.15) is 71.1 Å². The highest BCUT2D eigenvalue weighted by atomic mass is 16.3. The van der Waals surface area contributed by atoms with E-state index >= 15 is 0 Å². The normalized spacial score (nSPS) is 29.5. The van der Waals surface area contributed by atoms with Crippen molar-refractivity contribution in [2.75, 3.05) is 20.6 Å². The minimum absolute atomic E-state index is 0.225. The molecule has 5 atom stereocenters. The van der Waals surface area contributed by atoms with Crippen molar-refractivity contribution in [3.8, 4) is 0 Å². The van der Waals surface area contributed by atoms with Gasteiger partial charge >= 0.3 is 0 Å². The van der Waals surface area contributed by atoms with Crippen LogP contribution in [0.5, 0.6) is 0 Å². The highest BCUT2D eigenvalue weighted by molar-refractivity contribution is 5.20. The molecule has 0 aromatic rings. The standard InChI is InChI=1S/C23H41NO2/c1-4-5-7-11-20(25)12-13-21-22-16-18(15-19(22)17-23(21)26)10-8-6-9-14-24(2)3/h12-13,15,19-23,25-26H,4-11,14,16-17H2,1-3H3/b13-12+/t19-,20+,21+,22-,23+/m1/s1. The summed E-state index contributed by atoms with van der Waals surface area (Å²) in [7, 11) is 4.28. The molecule has 0 saturated heterocycles. The molecule has 2 rings (SSSR count). The zero-order valence-corrected chi connectivity index (χ0v) is 17.2. The lowest BCUT2D eigenvalue weighted by Crippen LogP contribution is -2.18. The predicted octanol–water partition coefficient (Wildman–Crippen LogP) is 4.55. The molecular weight excluding hydrogens is 322 g/mol. The van der Waals surface area contributed by atoms with Gasteiger partial charge in [0.2, 0.25) is 0 Å². The van der Waals surface area contributed by atoms with Crippen LogP contribution in [0.25, 0.3) is 0 Å². The topological polar surface area (TPSA) is 43.7 Å². The fraction of sp³-hybridized carbons (Fsp3) is 0.826. The Balaban J connectivity index is 1.74. The number of rotatable bonds is 12. The van der Waals surface area contributed by atoms with Crippen LogP contribution in [0.2, 0.25) is 0 Å². The zero-order chi connectivity index (χ0) is 18.9. The molecule has 150 valence electrons. The number of aliphatic hydroxyl groups excluding tert-OH is 2. The molecule has 2 aliphatic rings. The lowest BCUT2D eigenvalue weighted by Gasteiger charge is -2.19. The van der Waals surface area contributed by atoms with Crippen molar-refractivity contribution >= 4 is 0 Å². The van der Waals surface area contributed by atoms with Crippen molar-refractivity contribution in [3.63, 3.8) is 0 Å². The number of unbranched alkanes of at least 4 members (excludes halogenated alkanes) is 4. The summed E-state index contributed by atoms with van der Waals surface area (Å²) in [6.45, 7) is 3.37. The van der Waals surface area contributed by atoms with Gasteiger partial charge in [-0.05, 0) is 71.0 Å². The third kappa shape index (κ3) is 6.83. The molecule has 26 heavy (non-hydrogen) atoms. The Morgan fingerprint density at radius 3 is 2.73 bits per heavy atom. The minimum atomic E-state index is -0.349. The molecule has 3 heteroatoms. The molecule has 3 nitrogen and oxygen atoms in total. The number of allylic oxidation sites excluding steroid dienone is 2. The van der Waals surface area contributed by atoms with Gasteiger partial charge in [0, 0.05) is 5.92 Å². The van der Waals surface area contributed by atoms with Crippen LogP contribution in [0, 0.1) is 17.8 Å². The molecular formula is C23H41NO2. The third-order valence-corrected chi connectivity index (χ3v) is 6.21. The highest BCUT2D eigenvalue weighted by Crippen LogP contribution is 2.48. The van der Waals surface area contributed by atoms with Crippen LogP contribution >= 0.6 is 0 Å². The molecule has 1 fully saturated rings. The van der Waals surface area contributed by atoms with Crippen molar-refractivity contribution in [3.05, 3.63) is 23.8 Å². The van der Waals surface area contributed by atoms with Gasteiger partial charge in [0.1, 0.15) is 0 Å². The monoisotopic (exact) mass is 363 g/mol. The van der Waals surface area contributed by atoms with E-state index in [-0.39, 0.29) is 18.1 Å². The summed E-state index contributed by atoms with van der Waals surface area (Å²) in [4.78, 5) is 2.26. The molecule has 0 aliphatic heterocycles. The van der Waals surface area contributed by atoms with E-state index < -0.39 is 0 Å². The molecule has 0 heterocycles. The average molecular weight is 364 g/mol. The van der Waals surface area contributed by atoms with E-state index in [0.717, 1.165) is 25.7 Å². The van der Waals surface area contributed by atoms with E-state index in [4.69, 9.17) is 0 Å². The molecule has 0 amide bonds. The summed E-state index contributed by atoms with van der Waals surface area (Å²) in [6.07, 6.45) is 17.4. The lowest BCUT2D eigenvalue weighted by molar-refractivity contribution is 0.139. The van der Waals surface area contributed by atoms with Gasteiger partial charge in [-0.1, -0.05) is 56.4 Å². The Kier molecular flexibility index (Phi) is 9.38. The fourth-order valence-corrected chi connectivity index (χ4v) is 4.70. The lowest BCUT2D eigenvalue weighted by atomic mass is 9.88. The molecule has 0 unspecified atom stereocenters. The summed E-state index contributed by atoms with van der Waals surface area (Å²) in [5.41, 5.74) is 1.61. The number of aliphatic hydroxyl groups is 2. The van der Waals surface area contributed by atoms with Gasteiger partial charge in [-0.3, -0.25) is 0 Å². The van der Waals surface area contributed by atoms with E-state index in [2.05, 4.69) is 38.1 Å². The maximum atomic E-state index is 10.4. The number of hydrogen-bond acceptors (Lipinski definition) is 3. The van der Waals surface area contributed by atoms with E-state index in [1.807, 2.05) is 6.08 Å². The van der Waals surface area contributed by atoms with Crippen LogP contribution in [0.15, 0.2) is 23.8 Å². The summed E-state index contributed by atoms with van der Waals surface area (Å²) in [5.74, 6) is 1.33. The Bertz CT molecular complexity index is 457. The van der Waals surface area contributed by atoms with Gasteiger partial charge in [0.15, 0.2) is 0 Å². The Morgan fingerprint density at radius 2 is 2.00 bits per heavy atom. The zero-order valence-electron chi connectivity index (χ0n) is 17.2. The van der Waals surface area contributed by atoms with E-state index in [0.29, 0.717) is 11.8 Å². The van der Waals surface area contributed by atoms with Gasteiger partial charge in [-0.25, -0.2) is 0 Å². The molecule has 0 aromatic heterocycles. The van der Waals surface area contributed by atoms with E-state index in [1.54, 1.807) is 5.57 Å². The van der Waals surface area contributed by atoms with Crippen LogP contribution in [0.3, 0.4) is 0 Å². The van der Waals surface area contributed by atoms with Crippen molar-refractivity contribution in [2.45, 2.75) is 83.3 Å². The molecule has 0 spiro atoms. The van der Waals surface area contributed by atoms with Crippen molar-refractivity contribution in [1.82, 2.24) is 4.90 Å². The van der Waals surface area contributed by atoms with Crippen LogP contribution in [-0.2, 0) is 0 Å². The maximum absolute atomic E-state index is 10.4. The first-order valence-electron chi connectivity index (χ1n) is 10.9. The van der Waals surface area contributed by atoms with Crippen molar-refractivity contribution in [2.24, 2.45) is 17.8 Å². The third-order valence-electron chi connectivity index (χ3n) is 6.21. The minimum Gasteiger partial charge on any atom is -0.392 e. The average Bonchev–Trinajstić information content (AvgIpc) is 3.09. The van der Waals surface area contributed by atoms with Gasteiger partial charge in [0.05, 0.1) is 12.2 Å². The SMILES string of the molecule is CCCCC[C@H](O)/C=C/[C@H]1[C@@H]2CC(CCCCCN(C)C)=C[C@@H]2C[C@@H]1O. The van der Waals surface area contributed by atoms with Gasteiger partial charge in [0.25, 0.3) is 0 Å². The van der Waals surface area contributed by atoms with Crippen molar-refractivity contribution in [1.29, 1.82) is 0 Å². The fourth-order valence-electron chi connectivity index (χ4n) is 4.70. The van der Waals surface area contributed by atoms with Gasteiger partial charge in [-0.15, -0.1) is 0 Å². The number of fused-ring (bicyclic) bond motifs is 1. The van der Waals surface area contributed by atoms with Gasteiger partial charge in [-0.2, -0.15) is 0 Å². The van der Waals surface area contributed by atoms with Crippen LogP contribution in [0.4, 0.5) is 0 Å². The summed E-state index contributed by atoms with van der Waals surface area (Å²) in [5, 5.41) is 20.6. The van der Waals surface area contributed by atoms with Crippen LogP contribution < -0.4 is 0 Å². The summed E-state index contributed by atoms with van der Waals surface area (Å²) in [6, 6.07) is 0. The predicted molar refractivity (Wildman–Crippen MR) is 110 cm³/mol. The van der Waals surface area contributed by atoms with Gasteiger partial charge < -0.3 is 15.1 Å². The van der Waals surface area contributed by atoms with E-state index in [9.17, 15) is 10.2 Å². The molecule has 0 aromatic carbocycles. The number of nitrogens with zero attached hydrogens (tertiary/aromatic N) is 1. The Labute approximate surface area is 161 Å². The molecule has 2 N–H and O–H groups in total. The largest absolute Gasteiger partial charge is 0.392 e. The molecule has 0 bridgehead atoms. The molecule has 2 aliphatic carbocycles. The maximum Gasteiger partial charge on any atom is 0.0721 e. The quantitative estimate of drug-likeness (QED) is 0.395. The Morgan fingerprint density at radius 1 is 1.19 bits per heavy atom. The smallest absolute Gasteiger partial charge is 0.0721 e. The van der Waals surface area contributed by atoms with Crippen LogP contribution in [-0.4, -0.2) is 48.0 Å². The second kappa shape index (κ2) is 11.3. The van der Waals surface area contributed by atoms with E-state index in [1.165, 1.54) is 45.1 Å². The Hall–Kier alpha value is -0.640.